The van der Waals surface area contributed by atoms with E-state index in [-0.39, 0.29) is 20.1 Å². The van der Waals surface area contributed by atoms with E-state index in [0.717, 1.165) is 44.1 Å². The Bertz CT molecular complexity index is 1510. The third-order valence-corrected chi connectivity index (χ3v) is 5.32. The van der Waals surface area contributed by atoms with E-state index >= 15 is 0 Å². The molecule has 3 heterocycles. The minimum Gasteiger partial charge on any atom is -0.438 e. The summed E-state index contributed by atoms with van der Waals surface area (Å²) in [6.45, 7) is 0. The fourth-order valence-electron chi connectivity index (χ4n) is 3.99. The van der Waals surface area contributed by atoms with Crippen LogP contribution in [0.5, 0.6) is 0 Å². The second kappa shape index (κ2) is 7.49. The fourth-order valence-corrected chi connectivity index (χ4v) is 3.99. The van der Waals surface area contributed by atoms with Gasteiger partial charge < -0.3 is 9.40 Å². The number of rotatable bonds is 2. The van der Waals surface area contributed by atoms with Crippen LogP contribution in [0.3, 0.4) is 0 Å². The third-order valence-electron chi connectivity index (χ3n) is 5.32. The molecule has 0 atom stereocenters. The van der Waals surface area contributed by atoms with E-state index in [4.69, 9.17) is 4.42 Å². The van der Waals surface area contributed by atoms with Crippen molar-refractivity contribution in [3.63, 3.8) is 0 Å². The van der Waals surface area contributed by atoms with Crippen LogP contribution in [-0.2, 0) is 20.1 Å². The van der Waals surface area contributed by atoms with E-state index in [1.807, 2.05) is 54.7 Å². The van der Waals surface area contributed by atoms with Gasteiger partial charge in [-0.15, -0.1) is 29.8 Å². The fraction of sp³-hybridized carbons (Fsp3) is 0. The number of fused-ring (bicyclic) bond motifs is 4. The van der Waals surface area contributed by atoms with Crippen LogP contribution in [0, 0.1) is 6.07 Å². The zero-order chi connectivity index (χ0) is 19.2. The smallest absolute Gasteiger partial charge is 0.227 e. The predicted octanol–water partition coefficient (Wildman–Crippen LogP) is 6.66. The predicted molar refractivity (Wildman–Crippen MR) is 117 cm³/mol. The van der Waals surface area contributed by atoms with Crippen LogP contribution in [0.25, 0.3) is 55.2 Å². The van der Waals surface area contributed by atoms with Crippen molar-refractivity contribution in [2.24, 2.45) is 0 Å². The number of nitrogens with zero attached hydrogens (tertiary/aromatic N) is 2. The first-order chi connectivity index (χ1) is 14.4. The SMILES string of the molecule is [Ir].[c-]1ccc(-c2ccnc3oc4ccccc4c23)cc1-c1nccc2ccccc12. The van der Waals surface area contributed by atoms with Crippen molar-refractivity contribution in [2.45, 2.75) is 0 Å². The van der Waals surface area contributed by atoms with Crippen LogP contribution in [0.2, 0.25) is 0 Å². The number of hydrogen-bond donors (Lipinski definition) is 0. The topological polar surface area (TPSA) is 38.9 Å². The second-order valence-corrected chi connectivity index (χ2v) is 7.01. The molecule has 3 aromatic carbocycles. The molecule has 0 fully saturated rings. The molecule has 0 aliphatic heterocycles. The minimum absolute atomic E-state index is 0. The van der Waals surface area contributed by atoms with Crippen molar-refractivity contribution in [3.05, 3.63) is 97.3 Å². The van der Waals surface area contributed by atoms with Gasteiger partial charge in [-0.1, -0.05) is 48.0 Å². The summed E-state index contributed by atoms with van der Waals surface area (Å²) in [6.07, 6.45) is 3.65. The van der Waals surface area contributed by atoms with E-state index in [1.165, 1.54) is 5.39 Å². The molecule has 0 aliphatic rings. The summed E-state index contributed by atoms with van der Waals surface area (Å²) < 4.78 is 5.96. The summed E-state index contributed by atoms with van der Waals surface area (Å²) in [5.74, 6) is 0. The van der Waals surface area contributed by atoms with Crippen molar-refractivity contribution in [3.8, 4) is 22.4 Å². The van der Waals surface area contributed by atoms with Gasteiger partial charge in [0.25, 0.3) is 0 Å². The Hall–Kier alpha value is -3.33. The maximum atomic E-state index is 5.96. The van der Waals surface area contributed by atoms with Gasteiger partial charge in [0.1, 0.15) is 5.58 Å². The zero-order valence-corrected chi connectivity index (χ0v) is 18.2. The van der Waals surface area contributed by atoms with E-state index in [0.29, 0.717) is 5.71 Å². The zero-order valence-electron chi connectivity index (χ0n) is 15.8. The number of aromatic nitrogens is 2. The van der Waals surface area contributed by atoms with Crippen LogP contribution < -0.4 is 0 Å². The molecule has 3 nitrogen and oxygen atoms in total. The summed E-state index contributed by atoms with van der Waals surface area (Å²) in [6, 6.07) is 30.0. The molecule has 30 heavy (non-hydrogen) atoms. The van der Waals surface area contributed by atoms with Crippen LogP contribution in [-0.4, -0.2) is 9.97 Å². The number of furan rings is 1. The van der Waals surface area contributed by atoms with Gasteiger partial charge in [0, 0.05) is 37.9 Å². The first kappa shape index (κ1) is 18.7. The average molecular weight is 564 g/mol. The summed E-state index contributed by atoms with van der Waals surface area (Å²) in [5, 5.41) is 4.40. The molecule has 0 aliphatic carbocycles. The van der Waals surface area contributed by atoms with Gasteiger partial charge in [0.05, 0.1) is 5.39 Å². The molecule has 0 N–H and O–H groups in total. The van der Waals surface area contributed by atoms with Crippen LogP contribution in [0.1, 0.15) is 0 Å². The Balaban J connectivity index is 0.00000193. The normalized spacial score (nSPS) is 11.1. The molecule has 0 spiro atoms. The molecule has 0 saturated carbocycles. The number of pyridine rings is 2. The number of para-hydroxylation sites is 1. The largest absolute Gasteiger partial charge is 0.438 e. The van der Waals surface area contributed by atoms with Crippen molar-refractivity contribution >= 4 is 32.8 Å². The Morgan fingerprint density at radius 1 is 0.767 bits per heavy atom. The monoisotopic (exact) mass is 564 g/mol. The first-order valence-electron chi connectivity index (χ1n) is 9.51. The van der Waals surface area contributed by atoms with E-state index in [9.17, 15) is 0 Å². The number of benzene rings is 3. The van der Waals surface area contributed by atoms with Crippen LogP contribution >= 0.6 is 0 Å². The van der Waals surface area contributed by atoms with E-state index < -0.39 is 0 Å². The van der Waals surface area contributed by atoms with Crippen LogP contribution in [0.15, 0.2) is 95.7 Å². The molecule has 4 heteroatoms. The minimum atomic E-state index is 0. The summed E-state index contributed by atoms with van der Waals surface area (Å²) in [5.41, 5.74) is 5.59. The van der Waals surface area contributed by atoms with Gasteiger partial charge >= 0.3 is 0 Å². The number of hydrogen-bond acceptors (Lipinski definition) is 3. The van der Waals surface area contributed by atoms with Gasteiger partial charge in [-0.2, -0.15) is 0 Å². The molecule has 0 amide bonds. The molecule has 0 saturated heterocycles. The van der Waals surface area contributed by atoms with E-state index in [1.54, 1.807) is 6.20 Å². The van der Waals surface area contributed by atoms with Gasteiger partial charge in [0.15, 0.2) is 0 Å². The van der Waals surface area contributed by atoms with Gasteiger partial charge in [0.2, 0.25) is 5.71 Å². The maximum Gasteiger partial charge on any atom is 0.227 e. The van der Waals surface area contributed by atoms with E-state index in [2.05, 4.69) is 46.4 Å². The molecule has 6 aromatic rings. The molecule has 1 radical (unpaired) electrons. The van der Waals surface area contributed by atoms with Gasteiger partial charge in [-0.25, -0.2) is 4.98 Å². The molecular formula is C26H15IrN2O-. The Labute approximate surface area is 186 Å². The van der Waals surface area contributed by atoms with Gasteiger partial charge in [-0.3, -0.25) is 0 Å². The van der Waals surface area contributed by atoms with Crippen molar-refractivity contribution in [2.75, 3.05) is 0 Å². The Kier molecular flexibility index (Phi) is 4.66. The average Bonchev–Trinajstić information content (AvgIpc) is 3.17. The maximum absolute atomic E-state index is 5.96. The van der Waals surface area contributed by atoms with Gasteiger partial charge in [-0.05, 0) is 40.2 Å². The second-order valence-electron chi connectivity index (χ2n) is 7.01. The van der Waals surface area contributed by atoms with Crippen molar-refractivity contribution < 1.29 is 24.5 Å². The summed E-state index contributed by atoms with van der Waals surface area (Å²) >= 11 is 0. The Morgan fingerprint density at radius 2 is 1.57 bits per heavy atom. The summed E-state index contributed by atoms with van der Waals surface area (Å²) in [4.78, 5) is 9.09. The van der Waals surface area contributed by atoms with Crippen LogP contribution in [0.4, 0.5) is 0 Å². The summed E-state index contributed by atoms with van der Waals surface area (Å²) in [7, 11) is 0. The van der Waals surface area contributed by atoms with Crippen molar-refractivity contribution in [1.82, 2.24) is 9.97 Å². The molecule has 0 bridgehead atoms. The molecule has 0 unspecified atom stereocenters. The molecule has 145 valence electrons. The first-order valence-corrected chi connectivity index (χ1v) is 9.51. The standard InChI is InChI=1S/C26H15N2O.Ir/c1-2-9-21-17(6-1)12-14-27-25(21)19-8-5-7-18(16-19)20-13-15-28-26-24(20)22-10-3-4-11-23(22)29-26;/h1-7,9-16H;/q-1;. The molecular weight excluding hydrogens is 549 g/mol. The van der Waals surface area contributed by atoms with Crippen molar-refractivity contribution in [1.29, 1.82) is 0 Å². The molecule has 3 aromatic heterocycles. The quantitative estimate of drug-likeness (QED) is 0.221. The third kappa shape index (κ3) is 2.93. The molecule has 6 rings (SSSR count). The Morgan fingerprint density at radius 3 is 2.50 bits per heavy atom.